The number of benzene rings is 3. The SMILES string of the molecule is CCOc1cc(C=C2C(=O)N(c3ccccc3)C(=S)N(c3ccccc3)C2=O)cc(I)c1OCC. The zero-order chi connectivity index (χ0) is 24.9. The summed E-state index contributed by atoms with van der Waals surface area (Å²) in [4.78, 5) is 30.1. The van der Waals surface area contributed by atoms with Gasteiger partial charge in [-0.15, -0.1) is 0 Å². The highest BCUT2D eigenvalue weighted by atomic mass is 127. The van der Waals surface area contributed by atoms with Gasteiger partial charge in [0.1, 0.15) is 5.57 Å². The Bertz CT molecular complexity index is 1230. The van der Waals surface area contributed by atoms with Gasteiger partial charge in [0.15, 0.2) is 16.6 Å². The lowest BCUT2D eigenvalue weighted by Crippen LogP contribution is -2.56. The molecule has 2 amide bonds. The standard InChI is InChI=1S/C27H23IN2O4S/c1-3-33-23-17-18(16-22(28)24(23)34-4-2)15-21-25(31)29(19-11-7-5-8-12-19)27(35)30(26(21)32)20-13-9-6-10-14-20/h5-17H,3-4H2,1-2H3. The van der Waals surface area contributed by atoms with Gasteiger partial charge in [-0.05, 0) is 96.7 Å². The maximum Gasteiger partial charge on any atom is 0.270 e. The van der Waals surface area contributed by atoms with Crippen molar-refractivity contribution in [3.8, 4) is 11.5 Å². The van der Waals surface area contributed by atoms with Crippen LogP contribution in [0.1, 0.15) is 19.4 Å². The Morgan fingerprint density at radius 1 is 0.829 bits per heavy atom. The van der Waals surface area contributed by atoms with Gasteiger partial charge in [0.2, 0.25) is 0 Å². The topological polar surface area (TPSA) is 59.1 Å². The lowest BCUT2D eigenvalue weighted by molar-refractivity contribution is -0.120. The largest absolute Gasteiger partial charge is 0.490 e. The number of nitrogens with zero attached hydrogens (tertiary/aromatic N) is 2. The van der Waals surface area contributed by atoms with Crippen molar-refractivity contribution in [2.75, 3.05) is 23.0 Å². The van der Waals surface area contributed by atoms with Crippen LogP contribution in [0.3, 0.4) is 0 Å². The Kier molecular flexibility index (Phi) is 7.82. The second-order valence-corrected chi connectivity index (χ2v) is 9.02. The Hall–Kier alpha value is -3.24. The van der Waals surface area contributed by atoms with Crippen molar-refractivity contribution in [2.45, 2.75) is 13.8 Å². The van der Waals surface area contributed by atoms with Gasteiger partial charge in [-0.2, -0.15) is 0 Å². The molecule has 0 N–H and O–H groups in total. The summed E-state index contributed by atoms with van der Waals surface area (Å²) in [5, 5.41) is 0.103. The van der Waals surface area contributed by atoms with Gasteiger partial charge in [0.25, 0.3) is 11.8 Å². The number of halogens is 1. The van der Waals surface area contributed by atoms with Crippen molar-refractivity contribution in [3.05, 3.63) is 87.5 Å². The average molecular weight is 598 g/mol. The molecule has 1 aliphatic heterocycles. The van der Waals surface area contributed by atoms with Crippen LogP contribution in [0.5, 0.6) is 11.5 Å². The van der Waals surface area contributed by atoms with Gasteiger partial charge in [-0.3, -0.25) is 19.4 Å². The molecule has 1 heterocycles. The van der Waals surface area contributed by atoms with Gasteiger partial charge in [-0.25, -0.2) is 0 Å². The third-order valence-corrected chi connectivity index (χ3v) is 6.38. The lowest BCUT2D eigenvalue weighted by atomic mass is 10.0. The summed E-state index contributed by atoms with van der Waals surface area (Å²) in [5.41, 5.74) is 1.80. The van der Waals surface area contributed by atoms with Crippen LogP contribution in [0.15, 0.2) is 78.4 Å². The van der Waals surface area contributed by atoms with E-state index in [1.54, 1.807) is 36.4 Å². The number of rotatable bonds is 7. The summed E-state index contributed by atoms with van der Waals surface area (Å²) in [5.74, 6) is 0.219. The molecule has 1 saturated heterocycles. The smallest absolute Gasteiger partial charge is 0.270 e. The predicted octanol–water partition coefficient (Wildman–Crippen LogP) is 5.84. The normalized spacial score (nSPS) is 13.8. The maximum absolute atomic E-state index is 13.7. The monoisotopic (exact) mass is 598 g/mol. The van der Waals surface area contributed by atoms with E-state index in [4.69, 9.17) is 21.7 Å². The van der Waals surface area contributed by atoms with Crippen molar-refractivity contribution in [1.82, 2.24) is 0 Å². The van der Waals surface area contributed by atoms with Crippen molar-refractivity contribution >= 4 is 69.2 Å². The predicted molar refractivity (Wildman–Crippen MR) is 150 cm³/mol. The molecule has 3 aromatic carbocycles. The molecule has 0 aromatic heterocycles. The van der Waals surface area contributed by atoms with E-state index in [0.717, 1.165) is 3.57 Å². The highest BCUT2D eigenvalue weighted by molar-refractivity contribution is 14.1. The molecule has 4 rings (SSSR count). The van der Waals surface area contributed by atoms with Gasteiger partial charge >= 0.3 is 0 Å². The quantitative estimate of drug-likeness (QED) is 0.148. The molecule has 0 spiro atoms. The molecule has 6 nitrogen and oxygen atoms in total. The number of para-hydroxylation sites is 2. The highest BCUT2D eigenvalue weighted by Gasteiger charge is 2.41. The van der Waals surface area contributed by atoms with Gasteiger partial charge < -0.3 is 9.47 Å². The summed E-state index contributed by atoms with van der Waals surface area (Å²) in [6.45, 7) is 4.73. The van der Waals surface area contributed by atoms with E-state index in [2.05, 4.69) is 22.6 Å². The van der Waals surface area contributed by atoms with E-state index in [9.17, 15) is 9.59 Å². The number of hydrogen-bond acceptors (Lipinski definition) is 5. The summed E-state index contributed by atoms with van der Waals surface area (Å²) < 4.78 is 12.3. The van der Waals surface area contributed by atoms with Crippen LogP contribution in [-0.4, -0.2) is 30.1 Å². The van der Waals surface area contributed by atoms with E-state index in [-0.39, 0.29) is 10.7 Å². The fourth-order valence-electron chi connectivity index (χ4n) is 3.72. The fourth-order valence-corrected chi connectivity index (χ4v) is 4.88. The molecule has 0 atom stereocenters. The first-order valence-electron chi connectivity index (χ1n) is 11.1. The lowest BCUT2D eigenvalue weighted by Gasteiger charge is -2.36. The van der Waals surface area contributed by atoms with Crippen LogP contribution in [0.25, 0.3) is 6.08 Å². The van der Waals surface area contributed by atoms with E-state index < -0.39 is 11.8 Å². The summed E-state index contributed by atoms with van der Waals surface area (Å²) in [6.07, 6.45) is 1.58. The zero-order valence-electron chi connectivity index (χ0n) is 19.2. The number of carbonyl (C=O) groups is 2. The Labute approximate surface area is 223 Å². The van der Waals surface area contributed by atoms with Crippen LogP contribution in [-0.2, 0) is 9.59 Å². The summed E-state index contributed by atoms with van der Waals surface area (Å²) in [7, 11) is 0. The number of hydrogen-bond donors (Lipinski definition) is 0. The van der Waals surface area contributed by atoms with E-state index in [0.29, 0.717) is 41.7 Å². The number of thiocarbonyl (C=S) groups is 1. The molecular formula is C27H23IN2O4S. The van der Waals surface area contributed by atoms with Crippen molar-refractivity contribution in [2.24, 2.45) is 0 Å². The zero-order valence-corrected chi connectivity index (χ0v) is 22.2. The number of anilines is 2. The van der Waals surface area contributed by atoms with Crippen molar-refractivity contribution in [1.29, 1.82) is 0 Å². The minimum absolute atomic E-state index is 0.00582. The van der Waals surface area contributed by atoms with Crippen LogP contribution in [0.2, 0.25) is 0 Å². The first-order chi connectivity index (χ1) is 17.0. The molecule has 178 valence electrons. The number of carbonyl (C=O) groups excluding carboxylic acids is 2. The minimum Gasteiger partial charge on any atom is -0.490 e. The van der Waals surface area contributed by atoms with E-state index in [1.165, 1.54) is 9.80 Å². The highest BCUT2D eigenvalue weighted by Crippen LogP contribution is 2.36. The molecule has 0 saturated carbocycles. The molecule has 3 aromatic rings. The third-order valence-electron chi connectivity index (χ3n) is 5.21. The maximum atomic E-state index is 13.7. The van der Waals surface area contributed by atoms with Crippen molar-refractivity contribution in [3.63, 3.8) is 0 Å². The first-order valence-corrected chi connectivity index (χ1v) is 12.6. The molecule has 8 heteroatoms. The molecular weight excluding hydrogens is 575 g/mol. The van der Waals surface area contributed by atoms with Gasteiger partial charge in [0.05, 0.1) is 28.2 Å². The molecule has 0 bridgehead atoms. The summed E-state index contributed by atoms with van der Waals surface area (Å²) >= 11 is 7.82. The molecule has 35 heavy (non-hydrogen) atoms. The van der Waals surface area contributed by atoms with Crippen molar-refractivity contribution < 1.29 is 19.1 Å². The van der Waals surface area contributed by atoms with E-state index in [1.807, 2.05) is 56.3 Å². The Morgan fingerprint density at radius 2 is 1.34 bits per heavy atom. The number of amides is 2. The number of ether oxygens (including phenoxy) is 2. The van der Waals surface area contributed by atoms with Crippen LogP contribution < -0.4 is 19.3 Å². The van der Waals surface area contributed by atoms with Gasteiger partial charge in [-0.1, -0.05) is 36.4 Å². The minimum atomic E-state index is -0.486. The molecule has 1 fully saturated rings. The van der Waals surface area contributed by atoms with Gasteiger partial charge in [0, 0.05) is 0 Å². The summed E-state index contributed by atoms with van der Waals surface area (Å²) in [6, 6.07) is 21.8. The van der Waals surface area contributed by atoms with Crippen LogP contribution in [0, 0.1) is 3.57 Å². The molecule has 0 aliphatic carbocycles. The van der Waals surface area contributed by atoms with Crippen LogP contribution in [0.4, 0.5) is 11.4 Å². The fraction of sp³-hybridized carbons (Fsp3) is 0.148. The third kappa shape index (κ3) is 5.08. The second kappa shape index (κ2) is 11.0. The Morgan fingerprint density at radius 3 is 1.83 bits per heavy atom. The molecule has 0 radical (unpaired) electrons. The molecule has 1 aliphatic rings. The second-order valence-electron chi connectivity index (χ2n) is 7.49. The molecule has 0 unspecified atom stereocenters. The first kappa shape index (κ1) is 24.9. The van der Waals surface area contributed by atoms with Crippen LogP contribution >= 0.6 is 34.8 Å². The average Bonchev–Trinajstić information content (AvgIpc) is 2.85. The Balaban J connectivity index is 1.86. The van der Waals surface area contributed by atoms with E-state index >= 15 is 0 Å².